The van der Waals surface area contributed by atoms with Gasteiger partial charge in [-0.05, 0) is 19.1 Å². The van der Waals surface area contributed by atoms with Gasteiger partial charge in [0, 0.05) is 5.30 Å². The maximum Gasteiger partial charge on any atom is 0.284 e. The molecular weight excluding hydrogens is 249 g/mol. The van der Waals surface area contributed by atoms with E-state index in [-0.39, 0.29) is 0 Å². The van der Waals surface area contributed by atoms with E-state index in [4.69, 9.17) is 9.26 Å². The van der Waals surface area contributed by atoms with Crippen LogP contribution < -0.4 is 10.2 Å². The summed E-state index contributed by atoms with van der Waals surface area (Å²) in [5.41, 5.74) is 0. The molecule has 1 atom stereocenters. The maximum absolute atomic E-state index is 13.0. The molecule has 1 aliphatic rings. The number of benzene rings is 1. The number of nitrogens with one attached hydrogen (secondary N) is 1. The predicted molar refractivity (Wildman–Crippen MR) is 71.7 cm³/mol. The van der Waals surface area contributed by atoms with Crippen LogP contribution in [0.15, 0.2) is 30.3 Å². The molecule has 4 nitrogen and oxygen atoms in total. The molecule has 1 N–H and O–H groups in total. The highest BCUT2D eigenvalue weighted by Gasteiger charge is 2.32. The van der Waals surface area contributed by atoms with E-state index < -0.39 is 7.37 Å². The van der Waals surface area contributed by atoms with Gasteiger partial charge in [-0.1, -0.05) is 18.2 Å². The molecule has 0 amide bonds. The molecule has 0 unspecified atom stereocenters. The van der Waals surface area contributed by atoms with Crippen LogP contribution in [0.2, 0.25) is 0 Å². The number of quaternary nitrogens is 1. The van der Waals surface area contributed by atoms with Crippen LogP contribution >= 0.6 is 7.37 Å². The highest BCUT2D eigenvalue weighted by molar-refractivity contribution is 7.66. The molecule has 0 spiro atoms. The molecule has 0 aliphatic carbocycles. The summed E-state index contributed by atoms with van der Waals surface area (Å²) in [4.78, 5) is 1.31. The number of morpholine rings is 1. The molecule has 0 radical (unpaired) electrons. The van der Waals surface area contributed by atoms with E-state index in [1.807, 2.05) is 37.3 Å². The van der Waals surface area contributed by atoms with E-state index in [1.165, 1.54) is 4.90 Å². The van der Waals surface area contributed by atoms with Gasteiger partial charge in [0.05, 0.1) is 19.8 Å². The Morgan fingerprint density at radius 1 is 1.28 bits per heavy atom. The fraction of sp³-hybridized carbons (Fsp3) is 0.538. The van der Waals surface area contributed by atoms with Gasteiger partial charge >= 0.3 is 0 Å². The zero-order chi connectivity index (χ0) is 12.8. The van der Waals surface area contributed by atoms with Gasteiger partial charge in [-0.15, -0.1) is 0 Å². The summed E-state index contributed by atoms with van der Waals surface area (Å²) in [6.45, 7) is 5.68. The highest BCUT2D eigenvalue weighted by atomic mass is 31.2. The fourth-order valence-electron chi connectivity index (χ4n) is 2.19. The monoisotopic (exact) mass is 270 g/mol. The van der Waals surface area contributed by atoms with Crippen LogP contribution in [-0.4, -0.2) is 39.2 Å². The molecule has 2 rings (SSSR count). The lowest BCUT2D eigenvalue weighted by atomic mass is 10.4. The molecular formula is C13H21NO3P+. The topological polar surface area (TPSA) is 40.0 Å². The van der Waals surface area contributed by atoms with Gasteiger partial charge in [-0.3, -0.25) is 4.57 Å². The van der Waals surface area contributed by atoms with Crippen molar-refractivity contribution in [2.75, 3.05) is 39.2 Å². The van der Waals surface area contributed by atoms with Crippen LogP contribution in [0.25, 0.3) is 0 Å². The average molecular weight is 270 g/mol. The van der Waals surface area contributed by atoms with Crippen molar-refractivity contribution in [1.82, 2.24) is 0 Å². The lowest BCUT2D eigenvalue weighted by Crippen LogP contribution is -3.14. The summed E-state index contributed by atoms with van der Waals surface area (Å²) in [5.74, 6) is 0. The van der Waals surface area contributed by atoms with Crippen molar-refractivity contribution in [3.05, 3.63) is 30.3 Å². The van der Waals surface area contributed by atoms with E-state index in [1.54, 1.807) is 0 Å². The largest absolute Gasteiger partial charge is 0.370 e. The molecule has 0 aromatic heterocycles. The maximum atomic E-state index is 13.0. The summed E-state index contributed by atoms with van der Waals surface area (Å²) in [5, 5.41) is 0.825. The third kappa shape index (κ3) is 3.42. The Bertz CT molecular complexity index is 404. The highest BCUT2D eigenvalue weighted by Crippen LogP contribution is 2.43. The first kappa shape index (κ1) is 13.8. The third-order valence-corrected chi connectivity index (χ3v) is 5.74. The fourth-order valence-corrected chi connectivity index (χ4v) is 4.56. The Morgan fingerprint density at radius 2 is 1.94 bits per heavy atom. The molecule has 18 heavy (non-hydrogen) atoms. The molecule has 1 aliphatic heterocycles. The Balaban J connectivity index is 2.13. The van der Waals surface area contributed by atoms with Gasteiger partial charge in [0.25, 0.3) is 7.37 Å². The number of ether oxygens (including phenoxy) is 1. The van der Waals surface area contributed by atoms with Crippen LogP contribution in [0, 0.1) is 0 Å². The second kappa shape index (κ2) is 6.48. The second-order valence-electron chi connectivity index (χ2n) is 4.45. The third-order valence-electron chi connectivity index (χ3n) is 3.12. The number of hydrogen-bond acceptors (Lipinski definition) is 3. The lowest BCUT2D eigenvalue weighted by molar-refractivity contribution is -0.896. The van der Waals surface area contributed by atoms with Crippen LogP contribution in [0.4, 0.5) is 0 Å². The minimum Gasteiger partial charge on any atom is -0.370 e. The van der Waals surface area contributed by atoms with Gasteiger partial charge in [0.1, 0.15) is 13.1 Å². The van der Waals surface area contributed by atoms with E-state index >= 15 is 0 Å². The van der Waals surface area contributed by atoms with Crippen molar-refractivity contribution in [3.8, 4) is 0 Å². The van der Waals surface area contributed by atoms with Gasteiger partial charge in [0.2, 0.25) is 0 Å². The summed E-state index contributed by atoms with van der Waals surface area (Å²) in [6.07, 6.45) is 0.564. The summed E-state index contributed by atoms with van der Waals surface area (Å²) >= 11 is 0. The van der Waals surface area contributed by atoms with Crippen molar-refractivity contribution < 1.29 is 18.7 Å². The van der Waals surface area contributed by atoms with Crippen molar-refractivity contribution in [3.63, 3.8) is 0 Å². The SMILES string of the molecule is CCO[P@@](=O)(C[NH+]1CCOCC1)c1ccccc1. The first-order valence-corrected chi connectivity index (χ1v) is 8.26. The molecule has 1 aromatic carbocycles. The summed E-state index contributed by atoms with van der Waals surface area (Å²) in [6, 6.07) is 9.55. The van der Waals surface area contributed by atoms with Gasteiger partial charge in [0.15, 0.2) is 6.29 Å². The normalized spacial score (nSPS) is 20.5. The summed E-state index contributed by atoms with van der Waals surface area (Å²) in [7, 11) is -2.73. The Morgan fingerprint density at radius 3 is 2.56 bits per heavy atom. The van der Waals surface area contributed by atoms with Crippen molar-refractivity contribution in [1.29, 1.82) is 0 Å². The van der Waals surface area contributed by atoms with Gasteiger partial charge < -0.3 is 14.2 Å². The number of rotatable bonds is 5. The predicted octanol–water partition coefficient (Wildman–Crippen LogP) is 0.499. The quantitative estimate of drug-likeness (QED) is 0.792. The molecule has 1 aromatic rings. The van der Waals surface area contributed by atoms with E-state index in [2.05, 4.69) is 0 Å². The lowest BCUT2D eigenvalue weighted by Gasteiger charge is -2.27. The van der Waals surface area contributed by atoms with Crippen molar-refractivity contribution in [2.24, 2.45) is 0 Å². The minimum absolute atomic E-state index is 0.482. The Hall–Kier alpha value is -0.670. The van der Waals surface area contributed by atoms with Crippen molar-refractivity contribution in [2.45, 2.75) is 6.92 Å². The minimum atomic E-state index is -2.73. The molecule has 100 valence electrons. The van der Waals surface area contributed by atoms with Gasteiger partial charge in [-0.2, -0.15) is 0 Å². The van der Waals surface area contributed by atoms with Crippen LogP contribution in [-0.2, 0) is 13.8 Å². The van der Waals surface area contributed by atoms with E-state index in [0.29, 0.717) is 12.9 Å². The smallest absolute Gasteiger partial charge is 0.284 e. The Kier molecular flexibility index (Phi) is 4.95. The van der Waals surface area contributed by atoms with Crippen LogP contribution in [0.1, 0.15) is 6.92 Å². The molecule has 1 heterocycles. The van der Waals surface area contributed by atoms with Crippen LogP contribution in [0.3, 0.4) is 0 Å². The first-order valence-electron chi connectivity index (χ1n) is 6.45. The summed E-state index contributed by atoms with van der Waals surface area (Å²) < 4.78 is 23.9. The van der Waals surface area contributed by atoms with Crippen molar-refractivity contribution >= 4 is 12.7 Å². The van der Waals surface area contributed by atoms with Crippen LogP contribution in [0.5, 0.6) is 0 Å². The Labute approximate surface area is 108 Å². The van der Waals surface area contributed by atoms with E-state index in [9.17, 15) is 4.57 Å². The molecule has 5 heteroatoms. The number of hydrogen-bond donors (Lipinski definition) is 1. The zero-order valence-corrected chi connectivity index (χ0v) is 11.7. The molecule has 0 bridgehead atoms. The molecule has 1 fully saturated rings. The zero-order valence-electron chi connectivity index (χ0n) is 10.8. The molecule has 1 saturated heterocycles. The van der Waals surface area contributed by atoms with E-state index in [0.717, 1.165) is 31.6 Å². The first-order chi connectivity index (χ1) is 8.74. The standard InChI is InChI=1S/C13H20NO3P/c1-2-17-18(15,13-6-4-3-5-7-13)12-14-8-10-16-11-9-14/h3-7H,2,8-12H2,1H3/p+1/t18-/m0/s1. The molecule has 0 saturated carbocycles. The second-order valence-corrected chi connectivity index (χ2v) is 6.88. The average Bonchev–Trinajstić information content (AvgIpc) is 2.41. The van der Waals surface area contributed by atoms with Gasteiger partial charge in [-0.25, -0.2) is 0 Å².